The van der Waals surface area contributed by atoms with Gasteiger partial charge in [-0.3, -0.25) is 0 Å². The number of benzene rings is 1. The maximum absolute atomic E-state index is 6.09. The molecule has 1 heterocycles. The number of hydrogen-bond donors (Lipinski definition) is 1. The lowest BCUT2D eigenvalue weighted by Gasteiger charge is -2.09. The Morgan fingerprint density at radius 2 is 1.82 bits per heavy atom. The van der Waals surface area contributed by atoms with Gasteiger partial charge in [-0.15, -0.1) is 0 Å². The van der Waals surface area contributed by atoms with Gasteiger partial charge in [0.15, 0.2) is 0 Å². The molecule has 0 aliphatic heterocycles. The van der Waals surface area contributed by atoms with Gasteiger partial charge >= 0.3 is 0 Å². The van der Waals surface area contributed by atoms with Gasteiger partial charge in [-0.2, -0.15) is 0 Å². The Balaban J connectivity index is 2.34. The van der Waals surface area contributed by atoms with Crippen LogP contribution in [0, 0.1) is 0 Å². The van der Waals surface area contributed by atoms with E-state index >= 15 is 0 Å². The molecule has 2 aromatic rings. The molecule has 0 saturated heterocycles. The minimum atomic E-state index is 0.161. The summed E-state index contributed by atoms with van der Waals surface area (Å²) in [6.07, 6.45) is 1.55. The number of hydrogen-bond acceptors (Lipinski definition) is 3. The minimum absolute atomic E-state index is 0.161. The van der Waals surface area contributed by atoms with Crippen molar-refractivity contribution in [3.05, 3.63) is 44.2 Å². The lowest BCUT2D eigenvalue weighted by Crippen LogP contribution is -1.95. The van der Waals surface area contributed by atoms with Crippen molar-refractivity contribution in [2.45, 2.75) is 0 Å². The van der Waals surface area contributed by atoms with Crippen molar-refractivity contribution in [3.8, 4) is 0 Å². The number of rotatable bonds is 2. The first-order valence-electron chi connectivity index (χ1n) is 4.47. The Morgan fingerprint density at radius 3 is 2.53 bits per heavy atom. The fraction of sp³-hybridized carbons (Fsp3) is 0. The zero-order valence-corrected chi connectivity index (χ0v) is 12.1. The van der Waals surface area contributed by atoms with Crippen LogP contribution in [-0.4, -0.2) is 9.97 Å². The normalized spacial score (nSPS) is 10.4. The number of nitrogens with zero attached hydrogens (tertiary/aromatic N) is 2. The zero-order chi connectivity index (χ0) is 12.4. The lowest BCUT2D eigenvalue weighted by molar-refractivity contribution is 1.17. The summed E-state index contributed by atoms with van der Waals surface area (Å²) in [7, 11) is 0. The van der Waals surface area contributed by atoms with Crippen molar-refractivity contribution < 1.29 is 0 Å². The first kappa shape index (κ1) is 12.9. The molecule has 0 spiro atoms. The summed E-state index contributed by atoms with van der Waals surface area (Å²) in [6, 6.07) is 5.26. The molecular weight excluding hydrogens is 348 g/mol. The maximum atomic E-state index is 6.09. The van der Waals surface area contributed by atoms with Crippen LogP contribution in [0.2, 0.25) is 15.3 Å². The summed E-state index contributed by atoms with van der Waals surface area (Å²) in [5.41, 5.74) is 0.648. The van der Waals surface area contributed by atoms with Crippen molar-refractivity contribution in [1.82, 2.24) is 9.97 Å². The van der Waals surface area contributed by atoms with Crippen LogP contribution in [0.1, 0.15) is 0 Å². The SMILES string of the molecule is Clc1nccc(Nc2ccc(Br)c(Cl)c2Cl)n1. The van der Waals surface area contributed by atoms with Crippen LogP contribution in [-0.2, 0) is 0 Å². The van der Waals surface area contributed by atoms with E-state index in [1.165, 1.54) is 0 Å². The monoisotopic (exact) mass is 351 g/mol. The molecule has 3 nitrogen and oxygen atoms in total. The fourth-order valence-electron chi connectivity index (χ4n) is 1.16. The maximum Gasteiger partial charge on any atom is 0.224 e. The summed E-state index contributed by atoms with van der Waals surface area (Å²) in [5, 5.41) is 4.02. The Kier molecular flexibility index (Phi) is 4.09. The van der Waals surface area contributed by atoms with Crippen LogP contribution < -0.4 is 5.32 Å². The van der Waals surface area contributed by atoms with Crippen molar-refractivity contribution in [2.75, 3.05) is 5.32 Å². The molecule has 0 atom stereocenters. The molecule has 1 aromatic carbocycles. The van der Waals surface area contributed by atoms with E-state index in [9.17, 15) is 0 Å². The molecule has 7 heteroatoms. The third kappa shape index (κ3) is 3.01. The molecule has 17 heavy (non-hydrogen) atoms. The van der Waals surface area contributed by atoms with E-state index in [4.69, 9.17) is 34.8 Å². The molecule has 1 N–H and O–H groups in total. The lowest BCUT2D eigenvalue weighted by atomic mass is 10.3. The molecule has 0 amide bonds. The Bertz CT molecular complexity index is 562. The van der Waals surface area contributed by atoms with Gasteiger partial charge in [0.05, 0.1) is 15.7 Å². The number of nitrogens with one attached hydrogen (secondary N) is 1. The van der Waals surface area contributed by atoms with Gasteiger partial charge in [-0.1, -0.05) is 23.2 Å². The van der Waals surface area contributed by atoms with Crippen molar-refractivity contribution >= 4 is 62.2 Å². The summed E-state index contributed by atoms with van der Waals surface area (Å²) < 4.78 is 0.732. The van der Waals surface area contributed by atoms with Gasteiger partial charge in [-0.05, 0) is 45.7 Å². The second kappa shape index (κ2) is 5.40. The summed E-state index contributed by atoms with van der Waals surface area (Å²) in [6.45, 7) is 0. The smallest absolute Gasteiger partial charge is 0.224 e. The zero-order valence-electron chi connectivity index (χ0n) is 8.22. The molecule has 0 unspecified atom stereocenters. The Morgan fingerprint density at radius 1 is 1.06 bits per heavy atom. The molecule has 1 aromatic heterocycles. The van der Waals surface area contributed by atoms with E-state index in [0.29, 0.717) is 21.6 Å². The van der Waals surface area contributed by atoms with Crippen LogP contribution in [0.25, 0.3) is 0 Å². The van der Waals surface area contributed by atoms with E-state index in [-0.39, 0.29) is 5.28 Å². The largest absolute Gasteiger partial charge is 0.339 e. The molecule has 0 radical (unpaired) electrons. The molecule has 0 saturated carbocycles. The summed E-state index contributed by atoms with van der Waals surface area (Å²) >= 11 is 21.1. The Labute approximate surface area is 121 Å². The van der Waals surface area contributed by atoms with Crippen LogP contribution in [0.3, 0.4) is 0 Å². The minimum Gasteiger partial charge on any atom is -0.339 e. The molecule has 0 bridgehead atoms. The standard InChI is InChI=1S/C10H5BrCl3N3/c11-5-1-2-6(9(13)8(5)12)16-7-3-4-15-10(14)17-7/h1-4H,(H,15,16,17). The first-order valence-corrected chi connectivity index (χ1v) is 6.39. The second-order valence-corrected chi connectivity index (χ2v) is 5.01. The van der Waals surface area contributed by atoms with Gasteiger partial charge in [-0.25, -0.2) is 9.97 Å². The van der Waals surface area contributed by atoms with Gasteiger partial charge < -0.3 is 5.32 Å². The Hall–Kier alpha value is -0.550. The summed E-state index contributed by atoms with van der Waals surface area (Å²) in [4.78, 5) is 7.77. The topological polar surface area (TPSA) is 37.8 Å². The van der Waals surface area contributed by atoms with Crippen molar-refractivity contribution in [2.24, 2.45) is 0 Å². The predicted octanol–water partition coefficient (Wildman–Crippen LogP) is 4.94. The highest BCUT2D eigenvalue weighted by molar-refractivity contribution is 9.10. The van der Waals surface area contributed by atoms with Crippen LogP contribution in [0.15, 0.2) is 28.9 Å². The number of aromatic nitrogens is 2. The quantitative estimate of drug-likeness (QED) is 0.614. The highest BCUT2D eigenvalue weighted by Crippen LogP contribution is 2.36. The van der Waals surface area contributed by atoms with E-state index in [0.717, 1.165) is 4.47 Å². The molecule has 0 fully saturated rings. The van der Waals surface area contributed by atoms with E-state index in [1.807, 2.05) is 0 Å². The number of halogens is 4. The fourth-order valence-corrected chi connectivity index (χ4v) is 2.13. The molecule has 2 rings (SSSR count). The highest BCUT2D eigenvalue weighted by Gasteiger charge is 2.09. The molecule has 88 valence electrons. The van der Waals surface area contributed by atoms with Gasteiger partial charge in [0.1, 0.15) is 5.82 Å². The van der Waals surface area contributed by atoms with Crippen LogP contribution in [0.4, 0.5) is 11.5 Å². The van der Waals surface area contributed by atoms with Gasteiger partial charge in [0.25, 0.3) is 0 Å². The van der Waals surface area contributed by atoms with E-state index < -0.39 is 0 Å². The predicted molar refractivity (Wildman–Crippen MR) is 74.5 cm³/mol. The summed E-state index contributed by atoms with van der Waals surface area (Å²) in [5.74, 6) is 0.547. The average molecular weight is 353 g/mol. The third-order valence-corrected chi connectivity index (χ3v) is 3.88. The van der Waals surface area contributed by atoms with Crippen molar-refractivity contribution in [1.29, 1.82) is 0 Å². The third-order valence-electron chi connectivity index (χ3n) is 1.92. The van der Waals surface area contributed by atoms with E-state index in [1.54, 1.807) is 24.4 Å². The average Bonchev–Trinajstić information content (AvgIpc) is 2.30. The van der Waals surface area contributed by atoms with E-state index in [2.05, 4.69) is 31.2 Å². The second-order valence-electron chi connectivity index (χ2n) is 3.06. The van der Waals surface area contributed by atoms with Gasteiger partial charge in [0, 0.05) is 10.7 Å². The van der Waals surface area contributed by atoms with Crippen LogP contribution >= 0.6 is 50.7 Å². The van der Waals surface area contributed by atoms with Crippen LogP contribution in [0.5, 0.6) is 0 Å². The molecule has 0 aliphatic carbocycles. The van der Waals surface area contributed by atoms with Crippen molar-refractivity contribution in [3.63, 3.8) is 0 Å². The highest BCUT2D eigenvalue weighted by atomic mass is 79.9. The van der Waals surface area contributed by atoms with Gasteiger partial charge in [0.2, 0.25) is 5.28 Å². The first-order chi connectivity index (χ1) is 8.08. The molecule has 0 aliphatic rings. The number of anilines is 2. The molecular formula is C10H5BrCl3N3.